The average Bonchev–Trinajstić information content (AvgIpc) is 2.87. The Kier molecular flexibility index (Phi) is 6.14. The molecule has 0 atom stereocenters. The van der Waals surface area contributed by atoms with Gasteiger partial charge in [-0.2, -0.15) is 0 Å². The Bertz CT molecular complexity index is 1480. The number of rotatable bonds is 4. The number of halogens is 2. The van der Waals surface area contributed by atoms with E-state index in [0.29, 0.717) is 21.2 Å². The molecule has 1 aliphatic rings. The number of anilines is 2. The van der Waals surface area contributed by atoms with Crippen molar-refractivity contribution >= 4 is 58.0 Å². The van der Waals surface area contributed by atoms with Crippen LogP contribution in [0, 0.1) is 0 Å². The number of carbonyl (C=O) groups is 4. The highest BCUT2D eigenvalue weighted by atomic mass is 35.5. The number of benzene rings is 4. The third-order valence-electron chi connectivity index (χ3n) is 5.74. The molecule has 5 rings (SSSR count). The van der Waals surface area contributed by atoms with Gasteiger partial charge in [0.05, 0.1) is 22.5 Å². The molecule has 0 heterocycles. The molecule has 0 aromatic heterocycles. The first kappa shape index (κ1) is 23.5. The van der Waals surface area contributed by atoms with Crippen LogP contribution in [-0.4, -0.2) is 23.4 Å². The van der Waals surface area contributed by atoms with Gasteiger partial charge in [0.1, 0.15) is 0 Å². The Morgan fingerprint density at radius 3 is 1.39 bits per heavy atom. The van der Waals surface area contributed by atoms with Gasteiger partial charge >= 0.3 is 0 Å². The fourth-order valence-corrected chi connectivity index (χ4v) is 4.48. The molecule has 2 amide bonds. The summed E-state index contributed by atoms with van der Waals surface area (Å²) >= 11 is 12.0. The standard InChI is InChI=1S/C28H16Cl2N2O4/c29-17-7-1-5-15(13-17)27(35)31-21-11-3-9-19-23(21)26(34)24-20(25(19)33)10-4-12-22(24)32-28(36)16-6-2-8-18(30)14-16/h1-14H,(H,31,35)(H,32,36). The molecule has 36 heavy (non-hydrogen) atoms. The Labute approximate surface area is 215 Å². The summed E-state index contributed by atoms with van der Waals surface area (Å²) in [5.74, 6) is -1.86. The minimum absolute atomic E-state index is 0.0508. The molecule has 6 nitrogen and oxygen atoms in total. The summed E-state index contributed by atoms with van der Waals surface area (Å²) in [6.07, 6.45) is 0. The molecule has 0 saturated heterocycles. The number of ketones is 2. The highest BCUT2D eigenvalue weighted by Crippen LogP contribution is 2.36. The van der Waals surface area contributed by atoms with Crippen LogP contribution in [0.15, 0.2) is 84.9 Å². The lowest BCUT2D eigenvalue weighted by atomic mass is 9.82. The van der Waals surface area contributed by atoms with E-state index in [1.165, 1.54) is 24.3 Å². The lowest BCUT2D eigenvalue weighted by molar-refractivity contribution is 0.0978. The summed E-state index contributed by atoms with van der Waals surface area (Å²) in [4.78, 5) is 52.8. The monoisotopic (exact) mass is 514 g/mol. The lowest BCUT2D eigenvalue weighted by Gasteiger charge is -2.22. The van der Waals surface area contributed by atoms with Crippen LogP contribution in [0.3, 0.4) is 0 Å². The van der Waals surface area contributed by atoms with Crippen molar-refractivity contribution in [3.05, 3.63) is 128 Å². The van der Waals surface area contributed by atoms with E-state index in [1.54, 1.807) is 60.7 Å². The van der Waals surface area contributed by atoms with Gasteiger partial charge in [0, 0.05) is 32.3 Å². The lowest BCUT2D eigenvalue weighted by Crippen LogP contribution is -2.26. The van der Waals surface area contributed by atoms with E-state index in [4.69, 9.17) is 23.2 Å². The van der Waals surface area contributed by atoms with Crippen molar-refractivity contribution in [2.45, 2.75) is 0 Å². The molecule has 0 radical (unpaired) electrons. The van der Waals surface area contributed by atoms with Gasteiger partial charge in [-0.1, -0.05) is 59.6 Å². The molecule has 0 aliphatic heterocycles. The predicted molar refractivity (Wildman–Crippen MR) is 139 cm³/mol. The second kappa shape index (κ2) is 9.41. The van der Waals surface area contributed by atoms with Crippen molar-refractivity contribution in [3.8, 4) is 0 Å². The van der Waals surface area contributed by atoms with Crippen molar-refractivity contribution in [1.29, 1.82) is 0 Å². The molecule has 1 aliphatic carbocycles. The van der Waals surface area contributed by atoms with E-state index in [1.807, 2.05) is 0 Å². The van der Waals surface area contributed by atoms with E-state index in [9.17, 15) is 19.2 Å². The summed E-state index contributed by atoms with van der Waals surface area (Å²) < 4.78 is 0. The third-order valence-corrected chi connectivity index (χ3v) is 6.21. The average molecular weight is 515 g/mol. The molecule has 0 spiro atoms. The maximum absolute atomic E-state index is 13.7. The number of carbonyl (C=O) groups excluding carboxylic acids is 4. The summed E-state index contributed by atoms with van der Waals surface area (Å²) in [5.41, 5.74) is 1.37. The number of hydrogen-bond acceptors (Lipinski definition) is 4. The van der Waals surface area contributed by atoms with Gasteiger partial charge in [0.25, 0.3) is 11.8 Å². The predicted octanol–water partition coefficient (Wildman–Crippen LogP) is 6.27. The summed E-state index contributed by atoms with van der Waals surface area (Å²) in [7, 11) is 0. The topological polar surface area (TPSA) is 92.3 Å². The SMILES string of the molecule is O=C(Nc1cccc2c1C(=O)c1c(NC(=O)c3cccc(Cl)c3)cccc1C2=O)c1cccc(Cl)c1. The van der Waals surface area contributed by atoms with Crippen LogP contribution in [-0.2, 0) is 0 Å². The van der Waals surface area contributed by atoms with Crippen molar-refractivity contribution in [2.24, 2.45) is 0 Å². The maximum Gasteiger partial charge on any atom is 0.255 e. The second-order valence-electron chi connectivity index (χ2n) is 8.04. The van der Waals surface area contributed by atoms with Crippen LogP contribution in [0.25, 0.3) is 0 Å². The zero-order valence-electron chi connectivity index (χ0n) is 18.5. The van der Waals surface area contributed by atoms with E-state index >= 15 is 0 Å². The molecule has 4 aromatic carbocycles. The normalized spacial score (nSPS) is 11.9. The minimum Gasteiger partial charge on any atom is -0.321 e. The van der Waals surface area contributed by atoms with Gasteiger partial charge in [0.15, 0.2) is 11.6 Å². The number of fused-ring (bicyclic) bond motifs is 2. The number of nitrogens with one attached hydrogen (secondary N) is 2. The summed E-state index contributed by atoms with van der Waals surface area (Å²) in [6, 6.07) is 22.1. The first-order valence-electron chi connectivity index (χ1n) is 10.8. The van der Waals surface area contributed by atoms with Gasteiger partial charge in [-0.15, -0.1) is 0 Å². The number of hydrogen-bond donors (Lipinski definition) is 2. The van der Waals surface area contributed by atoms with Gasteiger partial charge in [-0.25, -0.2) is 0 Å². The molecular formula is C28H16Cl2N2O4. The number of amides is 2. The summed E-state index contributed by atoms with van der Waals surface area (Å²) in [5, 5.41) is 6.20. The molecule has 0 bridgehead atoms. The Balaban J connectivity index is 1.53. The van der Waals surface area contributed by atoms with Crippen LogP contribution >= 0.6 is 23.2 Å². The quantitative estimate of drug-likeness (QED) is 0.295. The second-order valence-corrected chi connectivity index (χ2v) is 8.92. The first-order chi connectivity index (χ1) is 17.3. The van der Waals surface area contributed by atoms with Crippen molar-refractivity contribution in [1.82, 2.24) is 0 Å². The Morgan fingerprint density at radius 2 is 0.972 bits per heavy atom. The Hall–Kier alpha value is -4.26. The van der Waals surface area contributed by atoms with Crippen molar-refractivity contribution < 1.29 is 19.2 Å². The Morgan fingerprint density at radius 1 is 0.556 bits per heavy atom. The molecule has 176 valence electrons. The molecule has 8 heteroatoms. The highest BCUT2D eigenvalue weighted by molar-refractivity contribution is 6.33. The van der Waals surface area contributed by atoms with Gasteiger partial charge in [0.2, 0.25) is 0 Å². The van der Waals surface area contributed by atoms with Gasteiger partial charge < -0.3 is 10.6 Å². The van der Waals surface area contributed by atoms with Crippen LogP contribution in [0.5, 0.6) is 0 Å². The van der Waals surface area contributed by atoms with E-state index in [-0.39, 0.29) is 33.6 Å². The minimum atomic E-state index is -0.497. The zero-order valence-corrected chi connectivity index (χ0v) is 20.0. The first-order valence-corrected chi connectivity index (χ1v) is 11.6. The fourth-order valence-electron chi connectivity index (χ4n) is 4.10. The molecule has 0 saturated carbocycles. The molecule has 2 N–H and O–H groups in total. The van der Waals surface area contributed by atoms with Crippen LogP contribution in [0.1, 0.15) is 52.6 Å². The van der Waals surface area contributed by atoms with Crippen molar-refractivity contribution in [3.63, 3.8) is 0 Å². The third kappa shape index (κ3) is 4.28. The summed E-state index contributed by atoms with van der Waals surface area (Å²) in [6.45, 7) is 0. The van der Waals surface area contributed by atoms with Gasteiger partial charge in [-0.05, 0) is 48.5 Å². The maximum atomic E-state index is 13.7. The highest BCUT2D eigenvalue weighted by Gasteiger charge is 2.34. The van der Waals surface area contributed by atoms with Crippen LogP contribution in [0.2, 0.25) is 10.0 Å². The fraction of sp³-hybridized carbons (Fsp3) is 0. The molecular weight excluding hydrogens is 499 g/mol. The smallest absolute Gasteiger partial charge is 0.255 e. The van der Waals surface area contributed by atoms with Gasteiger partial charge in [-0.3, -0.25) is 19.2 Å². The molecule has 4 aromatic rings. The largest absolute Gasteiger partial charge is 0.321 e. The molecule has 0 unspecified atom stereocenters. The van der Waals surface area contributed by atoms with E-state index in [0.717, 1.165) is 0 Å². The zero-order chi connectivity index (χ0) is 25.4. The van der Waals surface area contributed by atoms with Crippen molar-refractivity contribution in [2.75, 3.05) is 10.6 Å². The van der Waals surface area contributed by atoms with E-state index in [2.05, 4.69) is 10.6 Å². The van der Waals surface area contributed by atoms with Crippen LogP contribution < -0.4 is 10.6 Å². The van der Waals surface area contributed by atoms with E-state index < -0.39 is 23.4 Å². The molecule has 0 fully saturated rings. The van der Waals surface area contributed by atoms with Crippen LogP contribution in [0.4, 0.5) is 11.4 Å².